The molecule has 0 amide bonds. The van der Waals surface area contributed by atoms with Gasteiger partial charge in [0.15, 0.2) is 0 Å². The molecule has 0 aliphatic carbocycles. The molecule has 48 heavy (non-hydrogen) atoms. The molecule has 2 nitrogen and oxygen atoms in total. The number of hydrogen-bond acceptors (Lipinski definition) is 2. The lowest BCUT2D eigenvalue weighted by Crippen LogP contribution is -2.13. The van der Waals surface area contributed by atoms with Gasteiger partial charge in [-0.15, -0.1) is 0 Å². The fourth-order valence-electron chi connectivity index (χ4n) is 7.03. The molecule has 0 aliphatic rings. The van der Waals surface area contributed by atoms with E-state index < -0.39 is 0 Å². The predicted octanol–water partition coefficient (Wildman–Crippen LogP) is 13.2. The number of anilines is 3. The first kappa shape index (κ1) is 27.9. The Kier molecular flexibility index (Phi) is 6.84. The van der Waals surface area contributed by atoms with Crippen LogP contribution in [0.2, 0.25) is 0 Å². The summed E-state index contributed by atoms with van der Waals surface area (Å²) in [4.78, 5) is 2.43. The van der Waals surface area contributed by atoms with Gasteiger partial charge in [0.05, 0.1) is 17.1 Å². The maximum Gasteiger partial charge on any atom is 0.143 e. The van der Waals surface area contributed by atoms with Crippen LogP contribution < -0.4 is 4.90 Å². The van der Waals surface area contributed by atoms with E-state index in [0.29, 0.717) is 0 Å². The van der Waals surface area contributed by atoms with Crippen molar-refractivity contribution in [2.45, 2.75) is 0 Å². The zero-order chi connectivity index (χ0) is 31.9. The maximum atomic E-state index is 6.58. The van der Waals surface area contributed by atoms with Crippen LogP contribution in [0.15, 0.2) is 192 Å². The van der Waals surface area contributed by atoms with Gasteiger partial charge >= 0.3 is 0 Å². The average molecular weight is 614 g/mol. The van der Waals surface area contributed by atoms with Gasteiger partial charge < -0.3 is 9.32 Å². The summed E-state index contributed by atoms with van der Waals surface area (Å²) in [5.41, 5.74) is 12.0. The molecular weight excluding hydrogens is 583 g/mol. The van der Waals surface area contributed by atoms with Crippen molar-refractivity contribution >= 4 is 49.8 Å². The van der Waals surface area contributed by atoms with Crippen molar-refractivity contribution in [1.82, 2.24) is 0 Å². The molecule has 9 rings (SSSR count). The van der Waals surface area contributed by atoms with Crippen molar-refractivity contribution in [2.24, 2.45) is 0 Å². The number of furan rings is 1. The summed E-state index contributed by atoms with van der Waals surface area (Å²) in [6.45, 7) is 0. The van der Waals surface area contributed by atoms with Crippen LogP contribution in [0.1, 0.15) is 0 Å². The Morgan fingerprint density at radius 1 is 0.312 bits per heavy atom. The van der Waals surface area contributed by atoms with E-state index in [1.165, 1.54) is 21.9 Å². The predicted molar refractivity (Wildman–Crippen MR) is 202 cm³/mol. The number of nitrogens with zero attached hydrogens (tertiary/aromatic N) is 1. The summed E-state index contributed by atoms with van der Waals surface area (Å²) in [5.74, 6) is 0. The van der Waals surface area contributed by atoms with Crippen molar-refractivity contribution in [2.75, 3.05) is 4.90 Å². The van der Waals surface area contributed by atoms with E-state index in [1.54, 1.807) is 0 Å². The minimum atomic E-state index is 0.896. The van der Waals surface area contributed by atoms with Crippen molar-refractivity contribution in [3.05, 3.63) is 188 Å². The fourth-order valence-corrected chi connectivity index (χ4v) is 7.03. The summed E-state index contributed by atoms with van der Waals surface area (Å²) in [7, 11) is 0. The van der Waals surface area contributed by atoms with E-state index in [1.807, 2.05) is 12.1 Å². The molecule has 0 aliphatic heterocycles. The first-order chi connectivity index (χ1) is 23.8. The van der Waals surface area contributed by atoms with E-state index in [9.17, 15) is 0 Å². The summed E-state index contributed by atoms with van der Waals surface area (Å²) < 4.78 is 6.58. The van der Waals surface area contributed by atoms with E-state index in [2.05, 4.69) is 181 Å². The fraction of sp³-hybridized carbons (Fsp3) is 0. The van der Waals surface area contributed by atoms with Crippen molar-refractivity contribution < 1.29 is 4.42 Å². The number of para-hydroxylation sites is 4. The number of hydrogen-bond donors (Lipinski definition) is 0. The molecule has 226 valence electrons. The molecule has 0 spiro atoms. The molecule has 0 fully saturated rings. The van der Waals surface area contributed by atoms with Crippen molar-refractivity contribution in [1.29, 1.82) is 0 Å². The second kappa shape index (κ2) is 11.8. The van der Waals surface area contributed by atoms with Gasteiger partial charge in [0, 0.05) is 32.8 Å². The number of benzene rings is 8. The first-order valence-corrected chi connectivity index (χ1v) is 16.4. The highest BCUT2D eigenvalue weighted by molar-refractivity contribution is 6.11. The Bertz CT molecular complexity index is 2560. The molecular formula is C46H31NO. The Labute approximate surface area is 279 Å². The second-order valence-corrected chi connectivity index (χ2v) is 12.1. The van der Waals surface area contributed by atoms with Gasteiger partial charge in [0.2, 0.25) is 0 Å². The van der Waals surface area contributed by atoms with Crippen LogP contribution in [-0.2, 0) is 0 Å². The Morgan fingerprint density at radius 3 is 1.67 bits per heavy atom. The molecule has 1 heterocycles. The summed E-state index contributed by atoms with van der Waals surface area (Å²) >= 11 is 0. The molecule has 0 radical (unpaired) electrons. The molecule has 2 heteroatoms. The lowest BCUT2D eigenvalue weighted by atomic mass is 9.96. The largest absolute Gasteiger partial charge is 0.455 e. The summed E-state index contributed by atoms with van der Waals surface area (Å²) in [6.07, 6.45) is 0. The van der Waals surface area contributed by atoms with Gasteiger partial charge in [-0.05, 0) is 46.3 Å². The van der Waals surface area contributed by atoms with Crippen molar-refractivity contribution in [3.8, 4) is 33.4 Å². The standard InChI is InChI=1S/C46H31NO/c1-2-14-32(15-3-1)33-28-30-35(31-29-33)37-19-6-9-24-42(37)47(43-26-12-17-34-16-4-5-18-36(34)43)44-25-10-7-20-38(44)40-22-13-23-41-39-21-8-11-27-45(39)48-46(40)41/h1-31H. The smallest absolute Gasteiger partial charge is 0.143 e. The average Bonchev–Trinajstić information content (AvgIpc) is 3.55. The summed E-state index contributed by atoms with van der Waals surface area (Å²) in [6, 6.07) is 66.9. The third kappa shape index (κ3) is 4.74. The molecule has 8 aromatic carbocycles. The lowest BCUT2D eigenvalue weighted by Gasteiger charge is -2.31. The number of rotatable bonds is 6. The molecule has 0 saturated heterocycles. The Balaban J connectivity index is 1.29. The first-order valence-electron chi connectivity index (χ1n) is 16.4. The van der Waals surface area contributed by atoms with Gasteiger partial charge in [0.1, 0.15) is 11.2 Å². The van der Waals surface area contributed by atoms with E-state index >= 15 is 0 Å². The summed E-state index contributed by atoms with van der Waals surface area (Å²) in [5, 5.41) is 4.63. The van der Waals surface area contributed by atoms with E-state index in [-0.39, 0.29) is 0 Å². The lowest BCUT2D eigenvalue weighted by molar-refractivity contribution is 0.670. The minimum absolute atomic E-state index is 0.896. The Hall–Kier alpha value is -6.38. The van der Waals surface area contributed by atoms with Crippen LogP contribution in [0.4, 0.5) is 17.1 Å². The van der Waals surface area contributed by atoms with Gasteiger partial charge in [0.25, 0.3) is 0 Å². The van der Waals surface area contributed by atoms with E-state index in [0.717, 1.165) is 61.3 Å². The molecule has 0 bridgehead atoms. The third-order valence-electron chi connectivity index (χ3n) is 9.29. The molecule has 1 aromatic heterocycles. The second-order valence-electron chi connectivity index (χ2n) is 12.1. The highest BCUT2D eigenvalue weighted by Gasteiger charge is 2.23. The minimum Gasteiger partial charge on any atom is -0.455 e. The monoisotopic (exact) mass is 613 g/mol. The third-order valence-corrected chi connectivity index (χ3v) is 9.29. The zero-order valence-corrected chi connectivity index (χ0v) is 26.3. The van der Waals surface area contributed by atoms with Gasteiger partial charge in [-0.1, -0.05) is 164 Å². The van der Waals surface area contributed by atoms with Crippen molar-refractivity contribution in [3.63, 3.8) is 0 Å². The molecule has 0 saturated carbocycles. The van der Waals surface area contributed by atoms with Crippen LogP contribution >= 0.6 is 0 Å². The van der Waals surface area contributed by atoms with E-state index in [4.69, 9.17) is 4.42 Å². The molecule has 0 atom stereocenters. The highest BCUT2D eigenvalue weighted by Crippen LogP contribution is 2.48. The number of fused-ring (bicyclic) bond motifs is 4. The van der Waals surface area contributed by atoms with Crippen LogP contribution in [0.3, 0.4) is 0 Å². The molecule has 9 aromatic rings. The molecule has 0 N–H and O–H groups in total. The van der Waals surface area contributed by atoms with Crippen LogP contribution in [-0.4, -0.2) is 0 Å². The van der Waals surface area contributed by atoms with Crippen LogP contribution in [0, 0.1) is 0 Å². The quantitative estimate of drug-likeness (QED) is 0.185. The van der Waals surface area contributed by atoms with Crippen LogP contribution in [0.25, 0.3) is 66.1 Å². The molecule has 0 unspecified atom stereocenters. The normalized spacial score (nSPS) is 11.3. The Morgan fingerprint density at radius 2 is 0.833 bits per heavy atom. The SMILES string of the molecule is c1ccc(-c2ccc(-c3ccccc3N(c3ccccc3-c3cccc4c3oc3ccccc34)c3cccc4ccccc34)cc2)cc1. The highest BCUT2D eigenvalue weighted by atomic mass is 16.3. The van der Waals surface area contributed by atoms with Gasteiger partial charge in [-0.3, -0.25) is 0 Å². The topological polar surface area (TPSA) is 16.4 Å². The maximum absolute atomic E-state index is 6.58. The van der Waals surface area contributed by atoms with Gasteiger partial charge in [-0.25, -0.2) is 0 Å². The zero-order valence-electron chi connectivity index (χ0n) is 26.3. The van der Waals surface area contributed by atoms with Crippen LogP contribution in [0.5, 0.6) is 0 Å². The van der Waals surface area contributed by atoms with Gasteiger partial charge in [-0.2, -0.15) is 0 Å².